The van der Waals surface area contributed by atoms with Gasteiger partial charge in [-0.05, 0) is 5.56 Å². The second kappa shape index (κ2) is 4.20. The molecule has 0 radical (unpaired) electrons. The molecular formula is C12H10N4S. The van der Waals surface area contributed by atoms with Gasteiger partial charge in [0.1, 0.15) is 5.01 Å². The number of rotatable bonds is 2. The Morgan fingerprint density at radius 1 is 1.06 bits per heavy atom. The Morgan fingerprint density at radius 2 is 1.82 bits per heavy atom. The van der Waals surface area contributed by atoms with Gasteiger partial charge in [-0.15, -0.1) is 0 Å². The number of hydrogen-bond acceptors (Lipinski definition) is 5. The van der Waals surface area contributed by atoms with Crippen molar-refractivity contribution in [1.29, 1.82) is 0 Å². The normalized spacial score (nSPS) is 10.9. The van der Waals surface area contributed by atoms with E-state index in [2.05, 4.69) is 15.0 Å². The maximum absolute atomic E-state index is 5.57. The monoisotopic (exact) mass is 242 g/mol. The average molecular weight is 242 g/mol. The van der Waals surface area contributed by atoms with Crippen molar-refractivity contribution in [2.24, 2.45) is 5.73 Å². The lowest BCUT2D eigenvalue weighted by atomic mass is 10.1. The van der Waals surface area contributed by atoms with Crippen molar-refractivity contribution in [1.82, 2.24) is 15.0 Å². The van der Waals surface area contributed by atoms with Crippen LogP contribution >= 0.6 is 11.3 Å². The Hall–Kier alpha value is -1.85. The zero-order valence-electron chi connectivity index (χ0n) is 9.00. The van der Waals surface area contributed by atoms with E-state index in [1.165, 1.54) is 0 Å². The van der Waals surface area contributed by atoms with E-state index in [9.17, 15) is 0 Å². The van der Waals surface area contributed by atoms with E-state index in [1.54, 1.807) is 23.7 Å². The van der Waals surface area contributed by atoms with Gasteiger partial charge in [-0.2, -0.15) is 0 Å². The van der Waals surface area contributed by atoms with E-state index in [0.717, 1.165) is 21.0 Å². The van der Waals surface area contributed by atoms with E-state index in [4.69, 9.17) is 5.73 Å². The van der Waals surface area contributed by atoms with E-state index < -0.39 is 0 Å². The summed E-state index contributed by atoms with van der Waals surface area (Å²) >= 11 is 1.55. The van der Waals surface area contributed by atoms with Gasteiger partial charge in [-0.3, -0.25) is 0 Å². The van der Waals surface area contributed by atoms with Gasteiger partial charge >= 0.3 is 0 Å². The minimum atomic E-state index is 0.559. The summed E-state index contributed by atoms with van der Waals surface area (Å²) in [6.07, 6.45) is 3.34. The van der Waals surface area contributed by atoms with E-state index in [1.807, 2.05) is 24.3 Å². The Labute approximate surface area is 102 Å². The molecule has 1 aromatic carbocycles. The molecule has 0 aliphatic carbocycles. The lowest BCUT2D eigenvalue weighted by Gasteiger charge is -1.98. The Kier molecular flexibility index (Phi) is 2.55. The Bertz CT molecular complexity index is 612. The summed E-state index contributed by atoms with van der Waals surface area (Å²) in [5.41, 5.74) is 8.46. The summed E-state index contributed by atoms with van der Waals surface area (Å²) in [5, 5.41) is 0.940. The van der Waals surface area contributed by atoms with Gasteiger partial charge in [0.2, 0.25) is 0 Å². The van der Waals surface area contributed by atoms with E-state index in [0.29, 0.717) is 12.2 Å². The van der Waals surface area contributed by atoms with Crippen LogP contribution in [-0.4, -0.2) is 15.0 Å². The maximum atomic E-state index is 5.57. The molecule has 0 saturated carbocycles. The van der Waals surface area contributed by atoms with Gasteiger partial charge in [-0.25, -0.2) is 15.0 Å². The summed E-state index contributed by atoms with van der Waals surface area (Å²) < 4.78 is 0. The van der Waals surface area contributed by atoms with Crippen molar-refractivity contribution < 1.29 is 0 Å². The van der Waals surface area contributed by atoms with Crippen LogP contribution in [-0.2, 0) is 6.54 Å². The molecule has 84 valence electrons. The largest absolute Gasteiger partial charge is 0.326 e. The number of thiazole rings is 1. The van der Waals surface area contributed by atoms with Gasteiger partial charge in [0, 0.05) is 24.5 Å². The SMILES string of the molecule is NCc1ccc(-c2nc3nccnc3s2)cc1. The summed E-state index contributed by atoms with van der Waals surface area (Å²) in [5.74, 6) is 0. The summed E-state index contributed by atoms with van der Waals surface area (Å²) in [4.78, 5) is 13.7. The highest BCUT2D eigenvalue weighted by molar-refractivity contribution is 7.21. The minimum absolute atomic E-state index is 0.559. The first-order valence-corrected chi connectivity index (χ1v) is 6.05. The minimum Gasteiger partial charge on any atom is -0.326 e. The molecule has 0 aliphatic rings. The highest BCUT2D eigenvalue weighted by Crippen LogP contribution is 2.27. The van der Waals surface area contributed by atoms with Crippen molar-refractivity contribution in [3.8, 4) is 10.6 Å². The number of nitrogens with zero attached hydrogens (tertiary/aromatic N) is 3. The van der Waals surface area contributed by atoms with Crippen LogP contribution in [0, 0.1) is 0 Å². The van der Waals surface area contributed by atoms with Crippen LogP contribution in [0.1, 0.15) is 5.56 Å². The smallest absolute Gasteiger partial charge is 0.190 e. The predicted molar refractivity (Wildman–Crippen MR) is 68.5 cm³/mol. The Balaban J connectivity index is 2.07. The molecule has 4 nitrogen and oxygen atoms in total. The second-order valence-corrected chi connectivity index (χ2v) is 4.58. The first-order chi connectivity index (χ1) is 8.36. The van der Waals surface area contributed by atoms with E-state index in [-0.39, 0.29) is 0 Å². The molecule has 3 rings (SSSR count). The van der Waals surface area contributed by atoms with Crippen LogP contribution < -0.4 is 5.73 Å². The topological polar surface area (TPSA) is 64.7 Å². The van der Waals surface area contributed by atoms with Crippen molar-refractivity contribution >= 4 is 21.8 Å². The summed E-state index contributed by atoms with van der Waals surface area (Å²) in [7, 11) is 0. The molecule has 2 N–H and O–H groups in total. The molecule has 5 heteroatoms. The molecule has 0 atom stereocenters. The third-order valence-electron chi connectivity index (χ3n) is 2.48. The molecule has 0 saturated heterocycles. The fourth-order valence-corrected chi connectivity index (χ4v) is 2.46. The van der Waals surface area contributed by atoms with Gasteiger partial charge in [0.05, 0.1) is 0 Å². The first kappa shape index (κ1) is 10.3. The van der Waals surface area contributed by atoms with Crippen LogP contribution in [0.15, 0.2) is 36.7 Å². The van der Waals surface area contributed by atoms with Gasteiger partial charge in [-0.1, -0.05) is 35.6 Å². The van der Waals surface area contributed by atoms with Crippen LogP contribution in [0.2, 0.25) is 0 Å². The summed E-state index contributed by atoms with van der Waals surface area (Å²) in [6.45, 7) is 0.559. The van der Waals surface area contributed by atoms with Crippen LogP contribution in [0.5, 0.6) is 0 Å². The molecule has 2 heterocycles. The van der Waals surface area contributed by atoms with Crippen molar-refractivity contribution in [3.63, 3.8) is 0 Å². The predicted octanol–water partition coefficient (Wildman–Crippen LogP) is 2.21. The van der Waals surface area contributed by atoms with Crippen LogP contribution in [0.4, 0.5) is 0 Å². The molecule has 0 aliphatic heterocycles. The molecule has 0 bridgehead atoms. The lowest BCUT2D eigenvalue weighted by Crippen LogP contribution is -1.95. The van der Waals surface area contributed by atoms with Gasteiger partial charge in [0.25, 0.3) is 0 Å². The maximum Gasteiger partial charge on any atom is 0.190 e. The number of hydrogen-bond donors (Lipinski definition) is 1. The molecule has 0 spiro atoms. The fourth-order valence-electron chi connectivity index (χ4n) is 1.58. The van der Waals surface area contributed by atoms with Crippen molar-refractivity contribution in [2.75, 3.05) is 0 Å². The molecule has 0 fully saturated rings. The fraction of sp³-hybridized carbons (Fsp3) is 0.0833. The van der Waals surface area contributed by atoms with E-state index >= 15 is 0 Å². The first-order valence-electron chi connectivity index (χ1n) is 5.24. The standard InChI is InChI=1S/C12H10N4S/c13-7-8-1-3-9(4-2-8)11-16-10-12(17-11)15-6-5-14-10/h1-6H,7,13H2. The highest BCUT2D eigenvalue weighted by Gasteiger charge is 2.07. The third kappa shape index (κ3) is 1.90. The van der Waals surface area contributed by atoms with Crippen molar-refractivity contribution in [3.05, 3.63) is 42.2 Å². The number of fused-ring (bicyclic) bond motifs is 1. The molecule has 0 amide bonds. The molecule has 2 aromatic heterocycles. The van der Waals surface area contributed by atoms with Gasteiger partial charge in [0.15, 0.2) is 10.5 Å². The molecule has 17 heavy (non-hydrogen) atoms. The molecular weight excluding hydrogens is 232 g/mol. The molecule has 3 aromatic rings. The second-order valence-electron chi connectivity index (χ2n) is 3.61. The third-order valence-corrected chi connectivity index (χ3v) is 3.49. The highest BCUT2D eigenvalue weighted by atomic mass is 32.1. The lowest BCUT2D eigenvalue weighted by molar-refractivity contribution is 1.07. The quantitative estimate of drug-likeness (QED) is 0.748. The average Bonchev–Trinajstić information content (AvgIpc) is 2.82. The molecule has 0 unspecified atom stereocenters. The Morgan fingerprint density at radius 3 is 2.53 bits per heavy atom. The zero-order chi connectivity index (χ0) is 11.7. The summed E-state index contributed by atoms with van der Waals surface area (Å²) in [6, 6.07) is 8.09. The number of aromatic nitrogens is 3. The van der Waals surface area contributed by atoms with Crippen LogP contribution in [0.25, 0.3) is 21.0 Å². The van der Waals surface area contributed by atoms with Gasteiger partial charge < -0.3 is 5.73 Å². The zero-order valence-corrected chi connectivity index (χ0v) is 9.81. The van der Waals surface area contributed by atoms with Crippen LogP contribution in [0.3, 0.4) is 0 Å². The number of benzene rings is 1. The number of nitrogens with two attached hydrogens (primary N) is 1. The van der Waals surface area contributed by atoms with Crippen molar-refractivity contribution in [2.45, 2.75) is 6.54 Å².